The minimum atomic E-state index is -0.206. The largest absolute Gasteiger partial charge is 0.481 e. The van der Waals surface area contributed by atoms with Gasteiger partial charge in [-0.05, 0) is 24.3 Å². The second-order valence-electron chi connectivity index (χ2n) is 7.50. The maximum atomic E-state index is 12.7. The number of hydrogen-bond acceptors (Lipinski definition) is 8. The topological polar surface area (TPSA) is 119 Å². The van der Waals surface area contributed by atoms with Crippen LogP contribution in [0.3, 0.4) is 0 Å². The van der Waals surface area contributed by atoms with Gasteiger partial charge in [0.1, 0.15) is 11.3 Å². The highest BCUT2D eigenvalue weighted by Gasteiger charge is 2.22. The monoisotopic (exact) mass is 472 g/mol. The van der Waals surface area contributed by atoms with Gasteiger partial charge in [0.2, 0.25) is 11.8 Å². The Morgan fingerprint density at radius 3 is 2.82 bits per heavy atom. The molecule has 0 aliphatic carbocycles. The third-order valence-electron chi connectivity index (χ3n) is 5.32. The lowest BCUT2D eigenvalue weighted by Gasteiger charge is -2.17. The van der Waals surface area contributed by atoms with Gasteiger partial charge >= 0.3 is 0 Å². The number of ether oxygens (including phenoxy) is 1. The molecule has 0 unspecified atom stereocenters. The zero-order valence-electron chi connectivity index (χ0n) is 18.2. The van der Waals surface area contributed by atoms with Crippen LogP contribution in [0.5, 0.6) is 5.88 Å². The van der Waals surface area contributed by atoms with Gasteiger partial charge in [-0.25, -0.2) is 9.97 Å². The van der Waals surface area contributed by atoms with Gasteiger partial charge in [0.05, 0.1) is 28.8 Å². The molecule has 0 saturated heterocycles. The fraction of sp³-hybridized carbons (Fsp3) is 0.167. The Morgan fingerprint density at radius 1 is 1.12 bits per heavy atom. The second kappa shape index (κ2) is 9.44. The fourth-order valence-corrected chi connectivity index (χ4v) is 4.56. The number of nitrogens with one attached hydrogen (secondary N) is 2. The van der Waals surface area contributed by atoms with E-state index in [0.717, 1.165) is 27.9 Å². The smallest absolute Gasteiger partial charge is 0.252 e. The van der Waals surface area contributed by atoms with Gasteiger partial charge in [-0.3, -0.25) is 19.6 Å². The van der Waals surface area contributed by atoms with Crippen molar-refractivity contribution in [3.8, 4) is 17.0 Å². The number of pyridine rings is 4. The lowest BCUT2D eigenvalue weighted by atomic mass is 10.1. The van der Waals surface area contributed by atoms with E-state index < -0.39 is 0 Å². The number of aromatic nitrogens is 4. The lowest BCUT2D eigenvalue weighted by Crippen LogP contribution is -2.28. The summed E-state index contributed by atoms with van der Waals surface area (Å²) < 4.78 is 5.25. The van der Waals surface area contributed by atoms with Gasteiger partial charge in [0.25, 0.3) is 5.91 Å². The second-order valence-corrected chi connectivity index (χ2v) is 8.48. The highest BCUT2D eigenvalue weighted by Crippen LogP contribution is 2.32. The molecule has 2 amide bonds. The molecule has 1 aliphatic rings. The van der Waals surface area contributed by atoms with Crippen LogP contribution < -0.4 is 15.4 Å². The molecule has 4 aromatic rings. The molecule has 9 nitrogen and oxygen atoms in total. The van der Waals surface area contributed by atoms with Crippen molar-refractivity contribution in [3.63, 3.8) is 0 Å². The van der Waals surface area contributed by atoms with Crippen molar-refractivity contribution in [2.75, 3.05) is 24.7 Å². The van der Waals surface area contributed by atoms with Crippen LogP contribution in [0.1, 0.15) is 16.1 Å². The van der Waals surface area contributed by atoms with E-state index in [4.69, 9.17) is 4.74 Å². The molecule has 2 N–H and O–H groups in total. The minimum Gasteiger partial charge on any atom is -0.481 e. The van der Waals surface area contributed by atoms with Crippen LogP contribution >= 0.6 is 11.8 Å². The molecule has 0 fully saturated rings. The number of hydrogen-bond donors (Lipinski definition) is 2. The summed E-state index contributed by atoms with van der Waals surface area (Å²) in [4.78, 5) is 42.5. The van der Waals surface area contributed by atoms with Crippen molar-refractivity contribution in [2.24, 2.45) is 0 Å². The number of carbonyl (C=O) groups excluding carboxylic acids is 2. The molecule has 10 heteroatoms. The van der Waals surface area contributed by atoms with Crippen LogP contribution in [0.4, 0.5) is 5.82 Å². The van der Waals surface area contributed by atoms with Crippen LogP contribution in [0.2, 0.25) is 0 Å². The first-order valence-corrected chi connectivity index (χ1v) is 11.6. The van der Waals surface area contributed by atoms with E-state index in [1.165, 1.54) is 18.0 Å². The van der Waals surface area contributed by atoms with Gasteiger partial charge in [0, 0.05) is 54.4 Å². The number of carbonyl (C=O) groups is 2. The molecule has 34 heavy (non-hydrogen) atoms. The zero-order chi connectivity index (χ0) is 23.5. The Hall–Kier alpha value is -4.05. The molecule has 0 saturated carbocycles. The number of rotatable bonds is 6. The first-order chi connectivity index (χ1) is 16.6. The van der Waals surface area contributed by atoms with E-state index in [-0.39, 0.29) is 17.6 Å². The van der Waals surface area contributed by atoms with Crippen LogP contribution in [0.25, 0.3) is 22.2 Å². The summed E-state index contributed by atoms with van der Waals surface area (Å²) in [6.07, 6.45) is 5.64. The summed E-state index contributed by atoms with van der Waals surface area (Å²) in [5.41, 5.74) is 4.73. The van der Waals surface area contributed by atoms with Crippen LogP contribution in [-0.2, 0) is 11.2 Å². The van der Waals surface area contributed by atoms with Crippen molar-refractivity contribution in [1.29, 1.82) is 0 Å². The van der Waals surface area contributed by atoms with Crippen molar-refractivity contribution in [3.05, 3.63) is 66.2 Å². The van der Waals surface area contributed by atoms with Gasteiger partial charge in [-0.1, -0.05) is 6.07 Å². The fourth-order valence-electron chi connectivity index (χ4n) is 3.65. The van der Waals surface area contributed by atoms with Crippen molar-refractivity contribution >= 4 is 40.4 Å². The van der Waals surface area contributed by atoms with Crippen LogP contribution in [0, 0.1) is 0 Å². The van der Waals surface area contributed by atoms with Crippen molar-refractivity contribution in [2.45, 2.75) is 11.3 Å². The Bertz CT molecular complexity index is 1390. The molecular formula is C24H20N6O3S. The molecule has 0 atom stereocenters. The number of amides is 2. The number of fused-ring (bicyclic) bond motifs is 2. The lowest BCUT2D eigenvalue weighted by molar-refractivity contribution is -0.113. The quantitative estimate of drug-likeness (QED) is 0.439. The Labute approximate surface area is 199 Å². The van der Waals surface area contributed by atoms with E-state index in [2.05, 4.69) is 30.6 Å². The highest BCUT2D eigenvalue weighted by molar-refractivity contribution is 8.00. The highest BCUT2D eigenvalue weighted by atomic mass is 32.2. The summed E-state index contributed by atoms with van der Waals surface area (Å²) in [6.45, 7) is 0.427. The number of nitrogens with zero attached hydrogens (tertiary/aromatic N) is 4. The standard InChI is InChI=1S/C24H20N6O3S/c1-33-20-5-4-18-21(30-20)16(7-10-25-18)14-2-3-15(28-12-14)6-9-27-24(32)17-8-11-26-23-22(17)34-13-19(31)29-23/h2-5,7-8,10-12H,6,9,13H2,1H3,(H,27,32)(H,26,29,31). The molecule has 0 aromatic carbocycles. The Morgan fingerprint density at radius 2 is 2.00 bits per heavy atom. The van der Waals surface area contributed by atoms with Gasteiger partial charge in [-0.2, -0.15) is 0 Å². The molecule has 1 aliphatic heterocycles. The average Bonchev–Trinajstić information content (AvgIpc) is 2.87. The minimum absolute atomic E-state index is 0.119. The van der Waals surface area contributed by atoms with Crippen LogP contribution in [0.15, 0.2) is 59.9 Å². The van der Waals surface area contributed by atoms with Gasteiger partial charge < -0.3 is 15.4 Å². The zero-order valence-corrected chi connectivity index (χ0v) is 19.1. The first kappa shape index (κ1) is 21.8. The number of anilines is 1. The van der Waals surface area contributed by atoms with E-state index in [1.807, 2.05) is 24.3 Å². The molecule has 5 heterocycles. The molecule has 0 radical (unpaired) electrons. The van der Waals surface area contributed by atoms with Gasteiger partial charge in [-0.15, -0.1) is 11.8 Å². The summed E-state index contributed by atoms with van der Waals surface area (Å²) in [6, 6.07) is 11.1. The molecule has 0 spiro atoms. The summed E-state index contributed by atoms with van der Waals surface area (Å²) >= 11 is 1.32. The van der Waals surface area contributed by atoms with Crippen LogP contribution in [-0.4, -0.2) is 51.2 Å². The molecule has 4 aromatic heterocycles. The first-order valence-electron chi connectivity index (χ1n) is 10.6. The maximum Gasteiger partial charge on any atom is 0.252 e. The molecule has 5 rings (SSSR count). The third kappa shape index (κ3) is 4.40. The molecule has 0 bridgehead atoms. The SMILES string of the molecule is COc1ccc2nccc(-c3ccc(CCNC(=O)c4ccnc5c4SCC(=O)N5)nc3)c2n1. The normalized spacial score (nSPS) is 12.7. The number of thioether (sulfide) groups is 1. The van der Waals surface area contributed by atoms with E-state index >= 15 is 0 Å². The predicted molar refractivity (Wildman–Crippen MR) is 129 cm³/mol. The predicted octanol–water partition coefficient (Wildman–Crippen LogP) is 3.11. The van der Waals surface area contributed by atoms with Crippen molar-refractivity contribution < 1.29 is 14.3 Å². The maximum absolute atomic E-state index is 12.7. The van der Waals surface area contributed by atoms with E-state index in [0.29, 0.717) is 35.1 Å². The molecule has 170 valence electrons. The Kier molecular flexibility index (Phi) is 6.05. The average molecular weight is 473 g/mol. The summed E-state index contributed by atoms with van der Waals surface area (Å²) in [5, 5.41) is 5.62. The van der Waals surface area contributed by atoms with E-state index in [1.54, 1.807) is 31.6 Å². The third-order valence-corrected chi connectivity index (χ3v) is 6.43. The van der Waals surface area contributed by atoms with Crippen molar-refractivity contribution in [1.82, 2.24) is 25.3 Å². The summed E-state index contributed by atoms with van der Waals surface area (Å²) in [7, 11) is 1.58. The summed E-state index contributed by atoms with van der Waals surface area (Å²) in [5.74, 6) is 0.902. The Balaban J connectivity index is 1.26. The van der Waals surface area contributed by atoms with E-state index in [9.17, 15) is 9.59 Å². The van der Waals surface area contributed by atoms with Gasteiger partial charge in [0.15, 0.2) is 0 Å². The molecular weight excluding hydrogens is 452 g/mol. The number of methoxy groups -OCH3 is 1.